The van der Waals surface area contributed by atoms with Crippen LogP contribution in [0.5, 0.6) is 0 Å². The normalized spacial score (nSPS) is 14.4. The van der Waals surface area contributed by atoms with Crippen LogP contribution in [0.25, 0.3) is 16.9 Å². The van der Waals surface area contributed by atoms with Gasteiger partial charge in [0.05, 0.1) is 5.69 Å². The Balaban J connectivity index is 1.49. The Morgan fingerprint density at radius 1 is 1.11 bits per heavy atom. The fourth-order valence-corrected chi connectivity index (χ4v) is 5.12. The van der Waals surface area contributed by atoms with Crippen molar-refractivity contribution in [1.29, 1.82) is 0 Å². The van der Waals surface area contributed by atoms with E-state index in [9.17, 15) is 9.59 Å². The van der Waals surface area contributed by atoms with E-state index in [1.165, 1.54) is 6.42 Å². The molecule has 1 aliphatic carbocycles. The molecule has 0 spiro atoms. The van der Waals surface area contributed by atoms with Crippen molar-refractivity contribution in [1.82, 2.24) is 29.3 Å². The lowest BCUT2D eigenvalue weighted by molar-refractivity contribution is 0.348. The fourth-order valence-electron chi connectivity index (χ4n) is 5.12. The third kappa shape index (κ3) is 4.36. The molecule has 1 aliphatic rings. The maximum Gasteiger partial charge on any atom is 0.439 e. The summed E-state index contributed by atoms with van der Waals surface area (Å²) < 4.78 is 8.33. The van der Waals surface area contributed by atoms with E-state index >= 15 is 0 Å². The minimum absolute atomic E-state index is 0.0442. The number of aromatic nitrogens is 6. The van der Waals surface area contributed by atoms with Crippen molar-refractivity contribution in [2.45, 2.75) is 64.3 Å². The highest BCUT2D eigenvalue weighted by atomic mass is 16.5. The Morgan fingerprint density at radius 3 is 2.53 bits per heavy atom. The van der Waals surface area contributed by atoms with Crippen LogP contribution in [-0.4, -0.2) is 29.3 Å². The molecule has 9 heteroatoms. The molecule has 0 aliphatic heterocycles. The largest absolute Gasteiger partial charge is 0.439 e. The summed E-state index contributed by atoms with van der Waals surface area (Å²) in [7, 11) is 0. The van der Waals surface area contributed by atoms with Gasteiger partial charge in [-0.1, -0.05) is 75.2 Å². The standard InChI is InChI=1S/C27H30N6O3/c1-4-8-23-22(25(34)32(21-9-6-5-7-10-21)26-28-16-29-33(23)26)15-19-11-13-20(14-12-19)17(2)18(3)24-30-27(35)36-31-24/h11-14,16,21H,2-10,15H2,1H3,(H,30,31,35). The van der Waals surface area contributed by atoms with Gasteiger partial charge < -0.3 is 0 Å². The Hall–Kier alpha value is -4.01. The van der Waals surface area contributed by atoms with Crippen molar-refractivity contribution in [2.24, 2.45) is 0 Å². The Bertz CT molecular complexity index is 1530. The van der Waals surface area contributed by atoms with Crippen LogP contribution in [0.2, 0.25) is 0 Å². The molecule has 3 aromatic heterocycles. The highest BCUT2D eigenvalue weighted by Gasteiger charge is 2.24. The van der Waals surface area contributed by atoms with Gasteiger partial charge in [0.25, 0.3) is 5.56 Å². The SMILES string of the molecule is C=C(C(=C)c1noc(=O)[nH]1)c1ccc(Cc2c(CCC)n3ncnc3n(C3CCCCC3)c2=O)cc1. The average Bonchev–Trinajstić information content (AvgIpc) is 3.56. The minimum Gasteiger partial charge on any atom is -0.296 e. The van der Waals surface area contributed by atoms with Crippen molar-refractivity contribution in [2.75, 3.05) is 0 Å². The van der Waals surface area contributed by atoms with Gasteiger partial charge in [0.2, 0.25) is 5.78 Å². The molecule has 0 saturated heterocycles. The lowest BCUT2D eigenvalue weighted by Crippen LogP contribution is -2.33. The molecule has 0 atom stereocenters. The molecule has 5 rings (SSSR count). The third-order valence-electron chi connectivity index (χ3n) is 7.03. The van der Waals surface area contributed by atoms with Crippen molar-refractivity contribution >= 4 is 16.9 Å². The van der Waals surface area contributed by atoms with E-state index in [2.05, 4.69) is 44.8 Å². The van der Waals surface area contributed by atoms with Gasteiger partial charge in [-0.2, -0.15) is 10.1 Å². The van der Waals surface area contributed by atoms with E-state index in [1.54, 1.807) is 6.33 Å². The first-order chi connectivity index (χ1) is 17.5. The van der Waals surface area contributed by atoms with Crippen LogP contribution in [0, 0.1) is 0 Å². The quantitative estimate of drug-likeness (QED) is 0.371. The number of aromatic amines is 1. The van der Waals surface area contributed by atoms with Gasteiger partial charge in [-0.25, -0.2) is 9.31 Å². The van der Waals surface area contributed by atoms with E-state index in [4.69, 9.17) is 0 Å². The highest BCUT2D eigenvalue weighted by molar-refractivity contribution is 6.01. The molecule has 0 radical (unpaired) electrons. The van der Waals surface area contributed by atoms with Gasteiger partial charge in [-0.15, -0.1) is 0 Å². The first-order valence-corrected chi connectivity index (χ1v) is 12.5. The van der Waals surface area contributed by atoms with Gasteiger partial charge in [-0.05, 0) is 36.0 Å². The van der Waals surface area contributed by atoms with E-state index in [0.717, 1.165) is 60.9 Å². The van der Waals surface area contributed by atoms with Crippen LogP contribution >= 0.6 is 0 Å². The second kappa shape index (κ2) is 9.93. The minimum atomic E-state index is -0.639. The van der Waals surface area contributed by atoms with Gasteiger partial charge in [0, 0.05) is 23.6 Å². The number of nitrogens with zero attached hydrogens (tertiary/aromatic N) is 5. The fraction of sp³-hybridized carbons (Fsp3) is 0.370. The van der Waals surface area contributed by atoms with Crippen LogP contribution in [-0.2, 0) is 12.8 Å². The van der Waals surface area contributed by atoms with E-state index in [-0.39, 0.29) is 17.4 Å². The summed E-state index contributed by atoms with van der Waals surface area (Å²) >= 11 is 0. The predicted molar refractivity (Wildman–Crippen MR) is 138 cm³/mol. The lowest BCUT2D eigenvalue weighted by atomic mass is 9.94. The molecular weight excluding hydrogens is 456 g/mol. The van der Waals surface area contributed by atoms with E-state index < -0.39 is 5.76 Å². The third-order valence-corrected chi connectivity index (χ3v) is 7.03. The van der Waals surface area contributed by atoms with Crippen LogP contribution in [0.15, 0.2) is 57.9 Å². The van der Waals surface area contributed by atoms with Gasteiger partial charge >= 0.3 is 5.76 Å². The molecule has 0 unspecified atom stereocenters. The molecule has 0 amide bonds. The number of fused-ring (bicyclic) bond motifs is 1. The number of hydrogen-bond acceptors (Lipinski definition) is 6. The number of allylic oxidation sites excluding steroid dienone is 2. The molecule has 1 saturated carbocycles. The molecule has 1 aromatic carbocycles. The molecule has 3 heterocycles. The summed E-state index contributed by atoms with van der Waals surface area (Å²) in [5.41, 5.74) is 4.70. The second-order valence-electron chi connectivity index (χ2n) is 9.39. The van der Waals surface area contributed by atoms with Crippen LogP contribution in [0.4, 0.5) is 0 Å². The Kier molecular flexibility index (Phi) is 6.54. The molecule has 1 fully saturated rings. The number of H-pyrrole nitrogens is 1. The van der Waals surface area contributed by atoms with Gasteiger partial charge in [-0.3, -0.25) is 18.9 Å². The average molecular weight is 487 g/mol. The molecule has 4 aromatic rings. The summed E-state index contributed by atoms with van der Waals surface area (Å²) in [6, 6.07) is 8.02. The molecular formula is C27H30N6O3. The number of benzene rings is 1. The maximum atomic E-state index is 13.9. The number of rotatable bonds is 8. The van der Waals surface area contributed by atoms with Gasteiger partial charge in [0.15, 0.2) is 5.82 Å². The first kappa shape index (κ1) is 23.7. The Labute approximate surface area is 208 Å². The first-order valence-electron chi connectivity index (χ1n) is 12.5. The molecule has 1 N–H and O–H groups in total. The topological polar surface area (TPSA) is 111 Å². The van der Waals surface area contributed by atoms with Crippen molar-refractivity contribution < 1.29 is 4.52 Å². The van der Waals surface area contributed by atoms with Crippen molar-refractivity contribution in [3.8, 4) is 0 Å². The Morgan fingerprint density at radius 2 is 1.86 bits per heavy atom. The summed E-state index contributed by atoms with van der Waals surface area (Å²) in [6.07, 6.45) is 9.16. The molecule has 186 valence electrons. The smallest absolute Gasteiger partial charge is 0.296 e. The van der Waals surface area contributed by atoms with Gasteiger partial charge in [0.1, 0.15) is 6.33 Å². The maximum absolute atomic E-state index is 13.9. The van der Waals surface area contributed by atoms with Crippen LogP contribution < -0.4 is 11.3 Å². The zero-order valence-corrected chi connectivity index (χ0v) is 20.5. The number of hydrogen-bond donors (Lipinski definition) is 1. The zero-order valence-electron chi connectivity index (χ0n) is 20.5. The summed E-state index contributed by atoms with van der Waals surface area (Å²) in [6.45, 7) is 10.2. The molecule has 9 nitrogen and oxygen atoms in total. The summed E-state index contributed by atoms with van der Waals surface area (Å²) in [5, 5.41) is 8.19. The number of aryl methyl sites for hydroxylation is 1. The monoisotopic (exact) mass is 486 g/mol. The molecule has 36 heavy (non-hydrogen) atoms. The van der Waals surface area contributed by atoms with E-state index in [1.807, 2.05) is 33.3 Å². The lowest BCUT2D eigenvalue weighted by Gasteiger charge is -2.25. The van der Waals surface area contributed by atoms with Crippen LogP contribution in [0.3, 0.4) is 0 Å². The predicted octanol–water partition coefficient (Wildman–Crippen LogP) is 4.34. The highest BCUT2D eigenvalue weighted by Crippen LogP contribution is 2.29. The number of nitrogens with one attached hydrogen (secondary N) is 1. The summed E-state index contributed by atoms with van der Waals surface area (Å²) in [4.78, 5) is 32.2. The van der Waals surface area contributed by atoms with E-state index in [0.29, 0.717) is 23.3 Å². The molecule has 0 bridgehead atoms. The zero-order chi connectivity index (χ0) is 25.2. The summed E-state index contributed by atoms with van der Waals surface area (Å²) in [5.74, 6) is 0.262. The van der Waals surface area contributed by atoms with Crippen molar-refractivity contribution in [3.63, 3.8) is 0 Å². The van der Waals surface area contributed by atoms with Crippen LogP contribution in [0.1, 0.15) is 79.7 Å². The second-order valence-corrected chi connectivity index (χ2v) is 9.39. The van der Waals surface area contributed by atoms with Crippen molar-refractivity contribution in [3.05, 3.63) is 92.9 Å².